The highest BCUT2D eigenvalue weighted by molar-refractivity contribution is 5.03. The van der Waals surface area contributed by atoms with Crippen molar-refractivity contribution in [2.75, 3.05) is 13.2 Å². The second-order valence-corrected chi connectivity index (χ2v) is 2.32. The maximum atomic E-state index is 8.97. The van der Waals surface area contributed by atoms with E-state index in [1.54, 1.807) is 6.08 Å². The van der Waals surface area contributed by atoms with E-state index >= 15 is 0 Å². The topological polar surface area (TPSA) is 49.7 Å². The van der Waals surface area contributed by atoms with E-state index in [1.807, 2.05) is 6.08 Å². The van der Waals surface area contributed by atoms with Gasteiger partial charge in [0.25, 0.3) is 0 Å². The van der Waals surface area contributed by atoms with Gasteiger partial charge in [-0.15, -0.1) is 0 Å². The molecule has 2 N–H and O–H groups in total. The Hall–Kier alpha value is -0.380. The molecule has 0 spiro atoms. The summed E-state index contributed by atoms with van der Waals surface area (Å²) >= 11 is 0. The van der Waals surface area contributed by atoms with Gasteiger partial charge in [-0.1, -0.05) is 12.2 Å². The van der Waals surface area contributed by atoms with Crippen molar-refractivity contribution in [3.05, 3.63) is 12.2 Å². The van der Waals surface area contributed by atoms with Gasteiger partial charge in [0.05, 0.1) is 25.4 Å². The van der Waals surface area contributed by atoms with E-state index < -0.39 is 0 Å². The van der Waals surface area contributed by atoms with Crippen LogP contribution in [0.1, 0.15) is 6.42 Å². The minimum Gasteiger partial charge on any atom is -0.394 e. The third kappa shape index (κ3) is 2.10. The lowest BCUT2D eigenvalue weighted by molar-refractivity contribution is 0.0402. The summed E-state index contributed by atoms with van der Waals surface area (Å²) in [6.45, 7) is 0.391. The van der Waals surface area contributed by atoms with Crippen molar-refractivity contribution in [2.24, 2.45) is 0 Å². The molecule has 2 atom stereocenters. The molecule has 3 nitrogen and oxygen atoms in total. The number of hydrogen-bond acceptors (Lipinski definition) is 3. The van der Waals surface area contributed by atoms with E-state index in [-0.39, 0.29) is 18.8 Å². The largest absolute Gasteiger partial charge is 0.394 e. The van der Waals surface area contributed by atoms with Crippen LogP contribution in [0, 0.1) is 0 Å². The highest BCUT2D eigenvalue weighted by Crippen LogP contribution is 2.13. The van der Waals surface area contributed by atoms with Crippen LogP contribution in [0.4, 0.5) is 0 Å². The smallest absolute Gasteiger partial charge is 0.0785 e. The molecule has 10 heavy (non-hydrogen) atoms. The van der Waals surface area contributed by atoms with Crippen molar-refractivity contribution in [1.29, 1.82) is 0 Å². The second-order valence-electron chi connectivity index (χ2n) is 2.32. The fourth-order valence-corrected chi connectivity index (χ4v) is 0.975. The summed E-state index contributed by atoms with van der Waals surface area (Å²) in [6, 6.07) is 0. The standard InChI is InChI=1S/C7H12O3/c8-3-4-10-7-2-1-6(9)5-7/h1-2,6-9H,3-5H2. The monoisotopic (exact) mass is 144 g/mol. The first-order valence-electron chi connectivity index (χ1n) is 3.42. The van der Waals surface area contributed by atoms with Crippen LogP contribution < -0.4 is 0 Å². The van der Waals surface area contributed by atoms with Crippen LogP contribution in [0.25, 0.3) is 0 Å². The van der Waals surface area contributed by atoms with Gasteiger partial charge in [0, 0.05) is 6.42 Å². The summed E-state index contributed by atoms with van der Waals surface area (Å²) in [6.07, 6.45) is 3.80. The Morgan fingerprint density at radius 2 is 2.30 bits per heavy atom. The first-order chi connectivity index (χ1) is 4.83. The molecule has 2 unspecified atom stereocenters. The van der Waals surface area contributed by atoms with Crippen LogP contribution in [0.2, 0.25) is 0 Å². The van der Waals surface area contributed by atoms with Crippen molar-refractivity contribution >= 4 is 0 Å². The molecule has 0 heterocycles. The molecule has 1 aliphatic rings. The summed E-state index contributed by atoms with van der Waals surface area (Å²) in [7, 11) is 0. The molecule has 0 aliphatic heterocycles. The van der Waals surface area contributed by atoms with E-state index in [2.05, 4.69) is 0 Å². The highest BCUT2D eigenvalue weighted by atomic mass is 16.5. The molecule has 58 valence electrons. The summed E-state index contributed by atoms with van der Waals surface area (Å²) in [5.41, 5.74) is 0. The van der Waals surface area contributed by atoms with Crippen LogP contribution in [0.5, 0.6) is 0 Å². The van der Waals surface area contributed by atoms with E-state index in [9.17, 15) is 0 Å². The lowest BCUT2D eigenvalue weighted by Crippen LogP contribution is -2.13. The average molecular weight is 144 g/mol. The van der Waals surface area contributed by atoms with Crippen molar-refractivity contribution in [2.45, 2.75) is 18.6 Å². The van der Waals surface area contributed by atoms with Crippen LogP contribution in [0.3, 0.4) is 0 Å². The van der Waals surface area contributed by atoms with E-state index in [0.29, 0.717) is 13.0 Å². The van der Waals surface area contributed by atoms with Gasteiger partial charge in [-0.3, -0.25) is 0 Å². The normalized spacial score (nSPS) is 31.4. The maximum absolute atomic E-state index is 8.97. The number of ether oxygens (including phenoxy) is 1. The number of aliphatic hydroxyl groups is 2. The van der Waals surface area contributed by atoms with Gasteiger partial charge in [-0.2, -0.15) is 0 Å². The second kappa shape index (κ2) is 3.71. The van der Waals surface area contributed by atoms with Crippen molar-refractivity contribution in [1.82, 2.24) is 0 Å². The number of aliphatic hydroxyl groups excluding tert-OH is 2. The zero-order chi connectivity index (χ0) is 7.40. The summed E-state index contributed by atoms with van der Waals surface area (Å²) in [5, 5.41) is 17.4. The quantitative estimate of drug-likeness (QED) is 0.534. The molecule has 0 aromatic heterocycles. The molecular weight excluding hydrogens is 132 g/mol. The zero-order valence-electron chi connectivity index (χ0n) is 5.73. The number of hydrogen-bond donors (Lipinski definition) is 2. The summed E-state index contributed by atoms with van der Waals surface area (Å²) in [4.78, 5) is 0. The molecule has 0 amide bonds. The Morgan fingerprint density at radius 1 is 1.50 bits per heavy atom. The Labute approximate surface area is 59.9 Å². The minimum atomic E-state index is -0.358. The van der Waals surface area contributed by atoms with Gasteiger partial charge in [0.2, 0.25) is 0 Å². The highest BCUT2D eigenvalue weighted by Gasteiger charge is 2.15. The fraction of sp³-hybridized carbons (Fsp3) is 0.714. The van der Waals surface area contributed by atoms with Crippen LogP contribution in [-0.4, -0.2) is 35.6 Å². The lowest BCUT2D eigenvalue weighted by Gasteiger charge is -2.08. The maximum Gasteiger partial charge on any atom is 0.0785 e. The van der Waals surface area contributed by atoms with Gasteiger partial charge in [-0.05, 0) is 0 Å². The molecule has 1 aliphatic carbocycles. The SMILES string of the molecule is OCCOC1C=CC(O)C1. The predicted molar refractivity (Wildman–Crippen MR) is 36.6 cm³/mol. The molecule has 0 saturated carbocycles. The summed E-state index contributed by atoms with van der Waals surface area (Å²) < 4.78 is 5.13. The molecular formula is C7H12O3. The third-order valence-electron chi connectivity index (χ3n) is 1.44. The van der Waals surface area contributed by atoms with Crippen molar-refractivity contribution < 1.29 is 14.9 Å². The molecule has 1 rings (SSSR count). The van der Waals surface area contributed by atoms with Gasteiger partial charge in [-0.25, -0.2) is 0 Å². The first kappa shape index (κ1) is 7.72. The van der Waals surface area contributed by atoms with Crippen LogP contribution >= 0.6 is 0 Å². The van der Waals surface area contributed by atoms with E-state index in [4.69, 9.17) is 14.9 Å². The number of rotatable bonds is 3. The average Bonchev–Trinajstić information content (AvgIpc) is 2.31. The van der Waals surface area contributed by atoms with E-state index in [0.717, 1.165) is 0 Å². The van der Waals surface area contributed by atoms with Gasteiger partial charge in [0.1, 0.15) is 0 Å². The van der Waals surface area contributed by atoms with Crippen LogP contribution in [-0.2, 0) is 4.74 Å². The van der Waals surface area contributed by atoms with Crippen molar-refractivity contribution in [3.63, 3.8) is 0 Å². The zero-order valence-corrected chi connectivity index (χ0v) is 5.73. The predicted octanol–water partition coefficient (Wildman–Crippen LogP) is -0.315. The molecule has 0 aromatic carbocycles. The van der Waals surface area contributed by atoms with Crippen molar-refractivity contribution in [3.8, 4) is 0 Å². The van der Waals surface area contributed by atoms with Gasteiger partial charge < -0.3 is 14.9 Å². The van der Waals surface area contributed by atoms with Crippen LogP contribution in [0.15, 0.2) is 12.2 Å². The molecule has 3 heteroatoms. The molecule has 0 saturated heterocycles. The fourth-order valence-electron chi connectivity index (χ4n) is 0.975. The molecule has 0 bridgehead atoms. The van der Waals surface area contributed by atoms with Gasteiger partial charge >= 0.3 is 0 Å². The Morgan fingerprint density at radius 3 is 2.80 bits per heavy atom. The Kier molecular flexibility index (Phi) is 2.86. The Bertz CT molecular complexity index is 122. The Balaban J connectivity index is 2.14. The summed E-state index contributed by atoms with van der Waals surface area (Å²) in [5.74, 6) is 0. The molecule has 0 radical (unpaired) electrons. The lowest BCUT2D eigenvalue weighted by atomic mass is 10.3. The minimum absolute atomic E-state index is 0.00199. The third-order valence-corrected chi connectivity index (χ3v) is 1.44. The van der Waals surface area contributed by atoms with E-state index in [1.165, 1.54) is 0 Å². The molecule has 0 fully saturated rings. The molecule has 0 aromatic rings. The van der Waals surface area contributed by atoms with Gasteiger partial charge in [0.15, 0.2) is 0 Å². The first-order valence-corrected chi connectivity index (χ1v) is 3.42.